The van der Waals surface area contributed by atoms with Crippen LogP contribution in [0.3, 0.4) is 0 Å². The molecule has 0 N–H and O–H groups in total. The first-order valence-corrected chi connectivity index (χ1v) is 7.09. The zero-order valence-corrected chi connectivity index (χ0v) is 12.2. The molecule has 4 heteroatoms. The molecule has 0 bridgehead atoms. The molecule has 21 heavy (non-hydrogen) atoms. The van der Waals surface area contributed by atoms with Crippen LogP contribution in [0.25, 0.3) is 10.9 Å². The van der Waals surface area contributed by atoms with Gasteiger partial charge in [-0.3, -0.25) is 4.98 Å². The van der Waals surface area contributed by atoms with Gasteiger partial charge in [0.05, 0.1) is 17.1 Å². The number of aromatic nitrogens is 1. The molecule has 3 rings (SSSR count). The Balaban J connectivity index is 2.13. The number of pyridine rings is 1. The van der Waals surface area contributed by atoms with Gasteiger partial charge in [0.1, 0.15) is 5.75 Å². The molecule has 0 radical (unpaired) electrons. The second kappa shape index (κ2) is 5.70. The SMILES string of the molecule is Cc1ccc(F)c(Oc2cc(CCl)nc3ccccc23)c1. The topological polar surface area (TPSA) is 22.1 Å². The van der Waals surface area contributed by atoms with Gasteiger partial charge < -0.3 is 4.74 Å². The highest BCUT2D eigenvalue weighted by molar-refractivity contribution is 6.17. The largest absolute Gasteiger partial charge is 0.453 e. The summed E-state index contributed by atoms with van der Waals surface area (Å²) in [6.07, 6.45) is 0. The number of hydrogen-bond donors (Lipinski definition) is 0. The minimum absolute atomic E-state index is 0.201. The number of fused-ring (bicyclic) bond motifs is 1. The first kappa shape index (κ1) is 13.8. The first-order chi connectivity index (χ1) is 10.2. The van der Waals surface area contributed by atoms with Crippen molar-refractivity contribution in [3.63, 3.8) is 0 Å². The third kappa shape index (κ3) is 2.83. The average molecular weight is 302 g/mol. The molecule has 0 aliphatic carbocycles. The van der Waals surface area contributed by atoms with Gasteiger partial charge in [0.15, 0.2) is 11.6 Å². The van der Waals surface area contributed by atoms with E-state index >= 15 is 0 Å². The summed E-state index contributed by atoms with van der Waals surface area (Å²) < 4.78 is 19.6. The minimum atomic E-state index is -0.395. The lowest BCUT2D eigenvalue weighted by atomic mass is 10.2. The fourth-order valence-electron chi connectivity index (χ4n) is 2.16. The van der Waals surface area contributed by atoms with Crippen LogP contribution >= 0.6 is 11.6 Å². The molecule has 2 nitrogen and oxygen atoms in total. The van der Waals surface area contributed by atoms with Gasteiger partial charge in [-0.1, -0.05) is 18.2 Å². The molecule has 0 spiro atoms. The molecule has 106 valence electrons. The molecule has 1 aromatic heterocycles. The Hall–Kier alpha value is -2.13. The predicted molar refractivity (Wildman–Crippen MR) is 82.5 cm³/mol. The van der Waals surface area contributed by atoms with Crippen molar-refractivity contribution in [2.75, 3.05) is 0 Å². The van der Waals surface area contributed by atoms with Crippen molar-refractivity contribution in [1.29, 1.82) is 0 Å². The van der Waals surface area contributed by atoms with E-state index in [-0.39, 0.29) is 11.6 Å². The molecule has 0 fully saturated rings. The summed E-state index contributed by atoms with van der Waals surface area (Å²) in [5, 5.41) is 0.826. The Morgan fingerprint density at radius 2 is 1.90 bits per heavy atom. The maximum Gasteiger partial charge on any atom is 0.165 e. The molecule has 3 aromatic rings. The van der Waals surface area contributed by atoms with Crippen molar-refractivity contribution in [3.05, 3.63) is 65.6 Å². The number of para-hydroxylation sites is 1. The van der Waals surface area contributed by atoms with Gasteiger partial charge >= 0.3 is 0 Å². The number of rotatable bonds is 3. The van der Waals surface area contributed by atoms with Crippen LogP contribution in [0.15, 0.2) is 48.5 Å². The summed E-state index contributed by atoms with van der Waals surface area (Å²) in [6.45, 7) is 1.89. The Kier molecular flexibility index (Phi) is 3.76. The lowest BCUT2D eigenvalue weighted by molar-refractivity contribution is 0.445. The summed E-state index contributed by atoms with van der Waals surface area (Å²) >= 11 is 5.87. The Morgan fingerprint density at radius 3 is 2.71 bits per heavy atom. The molecule has 2 aromatic carbocycles. The molecular weight excluding hydrogens is 289 g/mol. The monoisotopic (exact) mass is 301 g/mol. The zero-order chi connectivity index (χ0) is 14.8. The number of ether oxygens (including phenoxy) is 1. The Bertz CT molecular complexity index is 804. The molecule has 0 saturated carbocycles. The average Bonchev–Trinajstić information content (AvgIpc) is 2.50. The fourth-order valence-corrected chi connectivity index (χ4v) is 2.29. The van der Waals surface area contributed by atoms with Crippen molar-refractivity contribution < 1.29 is 9.13 Å². The summed E-state index contributed by atoms with van der Waals surface area (Å²) in [6, 6.07) is 14.1. The smallest absolute Gasteiger partial charge is 0.165 e. The minimum Gasteiger partial charge on any atom is -0.453 e. The van der Waals surface area contributed by atoms with Gasteiger partial charge in [0, 0.05) is 11.5 Å². The number of nitrogens with zero attached hydrogens (tertiary/aromatic N) is 1. The summed E-state index contributed by atoms with van der Waals surface area (Å²) in [7, 11) is 0. The van der Waals surface area contributed by atoms with Gasteiger partial charge in [-0.25, -0.2) is 4.39 Å². The number of hydrogen-bond acceptors (Lipinski definition) is 2. The van der Waals surface area contributed by atoms with Crippen LogP contribution < -0.4 is 4.74 Å². The third-order valence-electron chi connectivity index (χ3n) is 3.17. The van der Waals surface area contributed by atoms with Gasteiger partial charge in [0.2, 0.25) is 0 Å². The van der Waals surface area contributed by atoms with Gasteiger partial charge in [0.25, 0.3) is 0 Å². The maximum atomic E-state index is 13.9. The van der Waals surface area contributed by atoms with E-state index in [9.17, 15) is 4.39 Å². The molecule has 0 atom stereocenters. The molecule has 0 unspecified atom stereocenters. The van der Waals surface area contributed by atoms with E-state index < -0.39 is 5.82 Å². The second-order valence-corrected chi connectivity index (χ2v) is 5.07. The van der Waals surface area contributed by atoms with Crippen molar-refractivity contribution in [3.8, 4) is 11.5 Å². The van der Waals surface area contributed by atoms with Crippen LogP contribution in [-0.2, 0) is 5.88 Å². The quantitative estimate of drug-likeness (QED) is 0.619. The molecular formula is C17H13ClFNO. The predicted octanol–water partition coefficient (Wildman–Crippen LogP) is 5.21. The van der Waals surface area contributed by atoms with Crippen molar-refractivity contribution in [1.82, 2.24) is 4.98 Å². The number of alkyl halides is 1. The standard InChI is InChI=1S/C17H13ClFNO/c1-11-6-7-14(19)17(8-11)21-16-9-12(10-18)20-15-5-3-2-4-13(15)16/h2-9H,10H2,1H3. The van der Waals surface area contributed by atoms with E-state index in [0.717, 1.165) is 16.5 Å². The van der Waals surface area contributed by atoms with E-state index in [0.29, 0.717) is 11.4 Å². The zero-order valence-electron chi connectivity index (χ0n) is 11.4. The lowest BCUT2D eigenvalue weighted by Crippen LogP contribution is -1.94. The van der Waals surface area contributed by atoms with Gasteiger partial charge in [-0.05, 0) is 36.8 Å². The van der Waals surface area contributed by atoms with Gasteiger partial charge in [-0.15, -0.1) is 11.6 Å². The van der Waals surface area contributed by atoms with Crippen LogP contribution in [-0.4, -0.2) is 4.98 Å². The van der Waals surface area contributed by atoms with Crippen LogP contribution in [0, 0.1) is 12.7 Å². The highest BCUT2D eigenvalue weighted by Crippen LogP contribution is 2.32. The molecule has 0 aliphatic heterocycles. The molecule has 1 heterocycles. The third-order valence-corrected chi connectivity index (χ3v) is 3.45. The summed E-state index contributed by atoms with van der Waals surface area (Å²) in [5.41, 5.74) is 2.40. The molecule has 0 aliphatic rings. The summed E-state index contributed by atoms with van der Waals surface area (Å²) in [5.74, 6) is 0.638. The highest BCUT2D eigenvalue weighted by Gasteiger charge is 2.10. The van der Waals surface area contributed by atoms with Crippen LogP contribution in [0.5, 0.6) is 11.5 Å². The Morgan fingerprint density at radius 1 is 1.10 bits per heavy atom. The van der Waals surface area contributed by atoms with E-state index in [1.165, 1.54) is 6.07 Å². The first-order valence-electron chi connectivity index (χ1n) is 6.56. The number of halogens is 2. The normalized spacial score (nSPS) is 10.8. The van der Waals surface area contributed by atoms with Crippen molar-refractivity contribution >= 4 is 22.5 Å². The van der Waals surface area contributed by atoms with E-state index in [1.54, 1.807) is 18.2 Å². The second-order valence-electron chi connectivity index (χ2n) is 4.80. The van der Waals surface area contributed by atoms with Crippen LogP contribution in [0.2, 0.25) is 0 Å². The van der Waals surface area contributed by atoms with Crippen LogP contribution in [0.1, 0.15) is 11.3 Å². The van der Waals surface area contributed by atoms with E-state index in [1.807, 2.05) is 31.2 Å². The van der Waals surface area contributed by atoms with Crippen LogP contribution in [0.4, 0.5) is 4.39 Å². The Labute approximate surface area is 127 Å². The highest BCUT2D eigenvalue weighted by atomic mass is 35.5. The number of benzene rings is 2. The fraction of sp³-hybridized carbons (Fsp3) is 0.118. The van der Waals surface area contributed by atoms with E-state index in [4.69, 9.17) is 16.3 Å². The lowest BCUT2D eigenvalue weighted by Gasteiger charge is -2.11. The van der Waals surface area contributed by atoms with Gasteiger partial charge in [-0.2, -0.15) is 0 Å². The summed E-state index contributed by atoms with van der Waals surface area (Å²) in [4.78, 5) is 4.43. The van der Waals surface area contributed by atoms with E-state index in [2.05, 4.69) is 4.98 Å². The van der Waals surface area contributed by atoms with Crippen molar-refractivity contribution in [2.24, 2.45) is 0 Å². The molecule has 0 saturated heterocycles. The maximum absolute atomic E-state index is 13.9. The molecule has 0 amide bonds. The van der Waals surface area contributed by atoms with Crippen molar-refractivity contribution in [2.45, 2.75) is 12.8 Å². The number of aryl methyl sites for hydroxylation is 1.